The molecule has 2 aromatic carbocycles. The van der Waals surface area contributed by atoms with Crippen molar-refractivity contribution in [2.24, 2.45) is 5.10 Å². The van der Waals surface area contributed by atoms with E-state index in [1.54, 1.807) is 19.1 Å². The molecule has 0 spiro atoms. The molecular weight excluding hydrogens is 489 g/mol. The Morgan fingerprint density at radius 2 is 1.73 bits per heavy atom. The highest BCUT2D eigenvalue weighted by Crippen LogP contribution is 2.20. The molecule has 2 aromatic rings. The Morgan fingerprint density at radius 1 is 1.15 bits per heavy atom. The zero-order valence-electron chi connectivity index (χ0n) is 14.1. The van der Waals surface area contributed by atoms with E-state index >= 15 is 0 Å². The Bertz CT molecular complexity index is 913. The van der Waals surface area contributed by atoms with E-state index < -0.39 is 15.9 Å². The summed E-state index contributed by atoms with van der Waals surface area (Å²) < 4.78 is 26.1. The second kappa shape index (κ2) is 8.83. The molecule has 1 amide bonds. The maximum atomic E-state index is 12.2. The molecule has 138 valence electrons. The molecule has 0 fully saturated rings. The standard InChI is InChI=1S/C17H17ClIN3O3S/c1-12(13-3-7-15(19)8-4-13)20-21-17(23)11-22(26(2,24)25)16-9-5-14(18)6-10-16/h3-10H,11H2,1-2H3,(H,21,23)/b20-12-. The number of benzene rings is 2. The van der Waals surface area contributed by atoms with Crippen molar-refractivity contribution in [3.8, 4) is 0 Å². The van der Waals surface area contributed by atoms with Gasteiger partial charge in [-0.15, -0.1) is 0 Å². The minimum absolute atomic E-state index is 0.352. The van der Waals surface area contributed by atoms with Gasteiger partial charge in [0.25, 0.3) is 5.91 Å². The van der Waals surface area contributed by atoms with E-state index in [0.29, 0.717) is 16.4 Å². The molecule has 2 rings (SSSR count). The molecule has 0 heterocycles. The summed E-state index contributed by atoms with van der Waals surface area (Å²) in [5, 5.41) is 4.52. The molecule has 1 N–H and O–H groups in total. The quantitative estimate of drug-likeness (QED) is 0.372. The van der Waals surface area contributed by atoms with E-state index in [4.69, 9.17) is 11.6 Å². The molecule has 0 aliphatic rings. The van der Waals surface area contributed by atoms with Gasteiger partial charge >= 0.3 is 0 Å². The summed E-state index contributed by atoms with van der Waals surface area (Å²) >= 11 is 8.02. The molecule has 0 unspecified atom stereocenters. The van der Waals surface area contributed by atoms with Crippen LogP contribution in [-0.2, 0) is 14.8 Å². The number of nitrogens with one attached hydrogen (secondary N) is 1. The first-order valence-electron chi connectivity index (χ1n) is 7.49. The van der Waals surface area contributed by atoms with E-state index in [9.17, 15) is 13.2 Å². The van der Waals surface area contributed by atoms with Crippen LogP contribution in [0.25, 0.3) is 0 Å². The highest BCUT2D eigenvalue weighted by Gasteiger charge is 2.20. The molecular formula is C17H17ClIN3O3S. The van der Waals surface area contributed by atoms with Crippen LogP contribution in [-0.4, -0.2) is 32.8 Å². The smallest absolute Gasteiger partial charge is 0.260 e. The van der Waals surface area contributed by atoms with Gasteiger partial charge in [-0.2, -0.15) is 5.10 Å². The fraction of sp³-hybridized carbons (Fsp3) is 0.176. The van der Waals surface area contributed by atoms with Crippen molar-refractivity contribution < 1.29 is 13.2 Å². The minimum atomic E-state index is -3.64. The number of hydrazone groups is 1. The zero-order valence-corrected chi connectivity index (χ0v) is 17.8. The molecule has 0 radical (unpaired) electrons. The average molecular weight is 506 g/mol. The lowest BCUT2D eigenvalue weighted by molar-refractivity contribution is -0.119. The fourth-order valence-corrected chi connectivity index (χ4v) is 3.42. The van der Waals surface area contributed by atoms with Gasteiger partial charge in [0.2, 0.25) is 10.0 Å². The Labute approximate surface area is 171 Å². The van der Waals surface area contributed by atoms with Crippen LogP contribution in [0.4, 0.5) is 5.69 Å². The van der Waals surface area contributed by atoms with Gasteiger partial charge in [0.05, 0.1) is 17.7 Å². The summed E-state index contributed by atoms with van der Waals surface area (Å²) in [6.45, 7) is 1.37. The lowest BCUT2D eigenvalue weighted by Gasteiger charge is -2.21. The molecule has 26 heavy (non-hydrogen) atoms. The molecule has 0 aromatic heterocycles. The number of sulfonamides is 1. The third-order valence-corrected chi connectivity index (χ3v) is 5.52. The molecule has 6 nitrogen and oxygen atoms in total. The van der Waals surface area contributed by atoms with Crippen molar-refractivity contribution in [1.82, 2.24) is 5.43 Å². The summed E-state index contributed by atoms with van der Waals surface area (Å²) in [7, 11) is -3.64. The van der Waals surface area contributed by atoms with E-state index in [-0.39, 0.29) is 6.54 Å². The van der Waals surface area contributed by atoms with Crippen molar-refractivity contribution in [3.63, 3.8) is 0 Å². The number of anilines is 1. The number of halogens is 2. The van der Waals surface area contributed by atoms with Crippen LogP contribution in [0.1, 0.15) is 12.5 Å². The van der Waals surface area contributed by atoms with Crippen LogP contribution in [0, 0.1) is 3.57 Å². The largest absolute Gasteiger partial charge is 0.271 e. The van der Waals surface area contributed by atoms with E-state index in [1.807, 2.05) is 24.3 Å². The first kappa shape index (κ1) is 20.7. The highest BCUT2D eigenvalue weighted by molar-refractivity contribution is 14.1. The van der Waals surface area contributed by atoms with Crippen LogP contribution in [0.5, 0.6) is 0 Å². The number of amides is 1. The van der Waals surface area contributed by atoms with Crippen molar-refractivity contribution >= 4 is 61.5 Å². The predicted molar refractivity (Wildman–Crippen MR) is 113 cm³/mol. The predicted octanol–water partition coefficient (Wildman–Crippen LogP) is 3.25. The van der Waals surface area contributed by atoms with Gasteiger partial charge in [-0.3, -0.25) is 9.10 Å². The lowest BCUT2D eigenvalue weighted by atomic mass is 10.1. The van der Waals surface area contributed by atoms with Gasteiger partial charge in [-0.25, -0.2) is 13.8 Å². The van der Waals surface area contributed by atoms with Gasteiger partial charge in [-0.05, 0) is 71.5 Å². The highest BCUT2D eigenvalue weighted by atomic mass is 127. The SMILES string of the molecule is C/C(=N/NC(=O)CN(c1ccc(Cl)cc1)S(C)(=O)=O)c1ccc(I)cc1. The summed E-state index contributed by atoms with van der Waals surface area (Å²) in [6.07, 6.45) is 1.04. The summed E-state index contributed by atoms with van der Waals surface area (Å²) in [5.41, 5.74) is 4.23. The Morgan fingerprint density at radius 3 is 2.27 bits per heavy atom. The number of hydrogen-bond acceptors (Lipinski definition) is 4. The van der Waals surface area contributed by atoms with E-state index in [2.05, 4.69) is 33.1 Å². The summed E-state index contributed by atoms with van der Waals surface area (Å²) in [4.78, 5) is 12.2. The average Bonchev–Trinajstić information content (AvgIpc) is 2.58. The van der Waals surface area contributed by atoms with Gasteiger partial charge < -0.3 is 0 Å². The first-order valence-corrected chi connectivity index (χ1v) is 10.8. The van der Waals surface area contributed by atoms with Gasteiger partial charge in [0.1, 0.15) is 6.54 Å². The molecule has 0 saturated heterocycles. The maximum Gasteiger partial charge on any atom is 0.260 e. The van der Waals surface area contributed by atoms with Crippen LogP contribution < -0.4 is 9.73 Å². The molecule has 0 aliphatic heterocycles. The molecule has 9 heteroatoms. The number of carbonyl (C=O) groups is 1. The van der Waals surface area contributed by atoms with Gasteiger partial charge in [-0.1, -0.05) is 23.7 Å². The van der Waals surface area contributed by atoms with Crippen LogP contribution in [0.3, 0.4) is 0 Å². The van der Waals surface area contributed by atoms with E-state index in [0.717, 1.165) is 19.7 Å². The van der Waals surface area contributed by atoms with Crippen molar-refractivity contribution in [2.75, 3.05) is 17.1 Å². The number of nitrogens with zero attached hydrogens (tertiary/aromatic N) is 2. The second-order valence-electron chi connectivity index (χ2n) is 5.49. The number of rotatable bonds is 6. The summed E-state index contributed by atoms with van der Waals surface area (Å²) in [5.74, 6) is -0.546. The molecule has 0 aliphatic carbocycles. The van der Waals surface area contributed by atoms with Crippen LogP contribution >= 0.6 is 34.2 Å². The van der Waals surface area contributed by atoms with Gasteiger partial charge in [0, 0.05) is 8.59 Å². The third-order valence-electron chi connectivity index (χ3n) is 3.41. The Balaban J connectivity index is 2.11. The van der Waals surface area contributed by atoms with Crippen molar-refractivity contribution in [2.45, 2.75) is 6.92 Å². The molecule has 0 bridgehead atoms. The minimum Gasteiger partial charge on any atom is -0.271 e. The monoisotopic (exact) mass is 505 g/mol. The zero-order chi connectivity index (χ0) is 19.3. The Kier molecular flexibility index (Phi) is 7.01. The van der Waals surface area contributed by atoms with Gasteiger partial charge in [0.15, 0.2) is 0 Å². The normalized spacial score (nSPS) is 11.9. The first-order chi connectivity index (χ1) is 12.2. The fourth-order valence-electron chi connectivity index (χ4n) is 2.08. The topological polar surface area (TPSA) is 78.8 Å². The number of carbonyl (C=O) groups excluding carboxylic acids is 1. The second-order valence-corrected chi connectivity index (χ2v) is 9.07. The Hall–Kier alpha value is -1.65. The molecule has 0 saturated carbocycles. The van der Waals surface area contributed by atoms with Crippen molar-refractivity contribution in [1.29, 1.82) is 0 Å². The molecule has 0 atom stereocenters. The van der Waals surface area contributed by atoms with Crippen molar-refractivity contribution in [3.05, 3.63) is 62.7 Å². The number of hydrogen-bond donors (Lipinski definition) is 1. The van der Waals surface area contributed by atoms with E-state index in [1.165, 1.54) is 12.1 Å². The summed E-state index contributed by atoms with van der Waals surface area (Å²) in [6, 6.07) is 13.9. The van der Waals surface area contributed by atoms with Crippen LogP contribution in [0.2, 0.25) is 5.02 Å². The lowest BCUT2D eigenvalue weighted by Crippen LogP contribution is -2.39. The third kappa shape index (κ3) is 5.96. The van der Waals surface area contributed by atoms with Crippen LogP contribution in [0.15, 0.2) is 53.6 Å². The maximum absolute atomic E-state index is 12.2.